The van der Waals surface area contributed by atoms with Crippen molar-refractivity contribution < 1.29 is 23.8 Å². The summed E-state index contributed by atoms with van der Waals surface area (Å²) >= 11 is 0. The molecule has 0 bridgehead atoms. The first-order valence-corrected chi connectivity index (χ1v) is 13.1. The van der Waals surface area contributed by atoms with E-state index in [1.54, 1.807) is 57.9 Å². The van der Waals surface area contributed by atoms with Gasteiger partial charge in [0.2, 0.25) is 23.0 Å². The van der Waals surface area contributed by atoms with Gasteiger partial charge in [0.1, 0.15) is 5.82 Å². The molecule has 210 valence electrons. The Hall–Kier alpha value is -4.60. The highest BCUT2D eigenvalue weighted by Gasteiger charge is 2.29. The number of carbonyl (C=O) groups is 2. The van der Waals surface area contributed by atoms with Crippen molar-refractivity contribution >= 4 is 23.3 Å². The Morgan fingerprint density at radius 3 is 2.50 bits per heavy atom. The lowest BCUT2D eigenvalue weighted by atomic mass is 9.95. The van der Waals surface area contributed by atoms with Crippen LogP contribution in [0.15, 0.2) is 53.5 Å². The van der Waals surface area contributed by atoms with Crippen LogP contribution in [0, 0.1) is 0 Å². The van der Waals surface area contributed by atoms with E-state index in [9.17, 15) is 14.4 Å². The van der Waals surface area contributed by atoms with Gasteiger partial charge in [0.15, 0.2) is 11.5 Å². The molecule has 0 fully saturated rings. The van der Waals surface area contributed by atoms with Crippen LogP contribution >= 0.6 is 0 Å². The van der Waals surface area contributed by atoms with E-state index < -0.39 is 0 Å². The van der Waals surface area contributed by atoms with Crippen molar-refractivity contribution in [3.8, 4) is 28.4 Å². The summed E-state index contributed by atoms with van der Waals surface area (Å²) in [6.07, 6.45) is 3.59. The van der Waals surface area contributed by atoms with Gasteiger partial charge in [-0.2, -0.15) is 0 Å². The van der Waals surface area contributed by atoms with Gasteiger partial charge in [-0.15, -0.1) is 0 Å². The van der Waals surface area contributed by atoms with E-state index in [1.807, 2.05) is 12.1 Å². The zero-order chi connectivity index (χ0) is 28.6. The van der Waals surface area contributed by atoms with E-state index >= 15 is 0 Å². The average Bonchev–Trinajstić information content (AvgIpc) is 3.19. The Labute approximate surface area is 233 Å². The summed E-state index contributed by atoms with van der Waals surface area (Å²) in [6, 6.07) is 12.0. The smallest absolute Gasteiger partial charge is 0.225 e. The number of nitrogens with one attached hydrogen (secondary N) is 3. The predicted molar refractivity (Wildman–Crippen MR) is 153 cm³/mol. The Bertz CT molecular complexity index is 1440. The molecule has 1 aromatic heterocycles. The SMILES string of the molecule is COc1cc2c(c(OC)c1OC)-c1ccc(NCCCC(=O)Nc3ccccn3)c(=O)cc1[C@@H](NC(C)=O)CC2. The second-order valence-corrected chi connectivity index (χ2v) is 9.39. The van der Waals surface area contributed by atoms with Crippen LogP contribution in [0.4, 0.5) is 11.5 Å². The number of amides is 2. The quantitative estimate of drug-likeness (QED) is 0.325. The van der Waals surface area contributed by atoms with Gasteiger partial charge in [-0.1, -0.05) is 12.1 Å². The van der Waals surface area contributed by atoms with E-state index in [-0.39, 0.29) is 29.7 Å². The monoisotopic (exact) mass is 546 g/mol. The molecule has 2 amide bonds. The van der Waals surface area contributed by atoms with Gasteiger partial charge in [0.05, 0.1) is 33.1 Å². The lowest BCUT2D eigenvalue weighted by Crippen LogP contribution is -2.26. The highest BCUT2D eigenvalue weighted by Crippen LogP contribution is 2.50. The number of hydrogen-bond donors (Lipinski definition) is 3. The fourth-order valence-electron chi connectivity index (χ4n) is 4.97. The molecule has 10 heteroatoms. The molecule has 1 heterocycles. The highest BCUT2D eigenvalue weighted by atomic mass is 16.5. The number of rotatable bonds is 10. The van der Waals surface area contributed by atoms with Crippen LogP contribution in [0.5, 0.6) is 17.2 Å². The zero-order valence-electron chi connectivity index (χ0n) is 23.1. The molecule has 1 aliphatic rings. The number of hydrogen-bond acceptors (Lipinski definition) is 8. The second-order valence-electron chi connectivity index (χ2n) is 9.39. The summed E-state index contributed by atoms with van der Waals surface area (Å²) in [6.45, 7) is 1.88. The summed E-state index contributed by atoms with van der Waals surface area (Å²) in [7, 11) is 4.68. The molecule has 0 unspecified atom stereocenters. The predicted octanol–water partition coefficient (Wildman–Crippen LogP) is 4.09. The van der Waals surface area contributed by atoms with E-state index in [0.29, 0.717) is 60.1 Å². The number of pyridine rings is 1. The second kappa shape index (κ2) is 13.0. The molecular formula is C30H34N4O6. The number of methoxy groups -OCH3 is 3. The van der Waals surface area contributed by atoms with Crippen molar-refractivity contribution in [3.05, 3.63) is 70.0 Å². The number of aromatic nitrogens is 1. The normalized spacial score (nSPS) is 13.7. The van der Waals surface area contributed by atoms with Gasteiger partial charge in [-0.25, -0.2) is 4.98 Å². The maximum atomic E-state index is 13.4. The minimum Gasteiger partial charge on any atom is -0.493 e. The van der Waals surface area contributed by atoms with Crippen LogP contribution in [-0.4, -0.2) is 44.7 Å². The molecule has 2 aromatic carbocycles. The van der Waals surface area contributed by atoms with Crippen LogP contribution in [0.1, 0.15) is 43.4 Å². The molecule has 3 aromatic rings. The Balaban J connectivity index is 1.65. The lowest BCUT2D eigenvalue weighted by Gasteiger charge is -2.19. The van der Waals surface area contributed by atoms with Gasteiger partial charge in [-0.05, 0) is 66.3 Å². The maximum absolute atomic E-state index is 13.4. The molecule has 0 spiro atoms. The van der Waals surface area contributed by atoms with Gasteiger partial charge in [-0.3, -0.25) is 14.4 Å². The van der Waals surface area contributed by atoms with Crippen LogP contribution < -0.4 is 35.6 Å². The maximum Gasteiger partial charge on any atom is 0.225 e. The van der Waals surface area contributed by atoms with Crippen LogP contribution in [-0.2, 0) is 16.0 Å². The molecule has 0 saturated carbocycles. The van der Waals surface area contributed by atoms with E-state index in [1.165, 1.54) is 6.92 Å². The third-order valence-corrected chi connectivity index (χ3v) is 6.74. The van der Waals surface area contributed by atoms with Crippen LogP contribution in [0.25, 0.3) is 11.1 Å². The standard InChI is InChI=1S/C30H34N4O6/c1-18(35)33-22-12-10-19-16-25(38-2)29(39-3)30(40-4)28(19)20-11-13-23(24(36)17-21(20)22)31-15-7-9-27(37)34-26-8-5-6-14-32-26/h5-6,8,11,13-14,16-17,22H,7,9-10,12,15H2,1-4H3,(H,31,36)(H,33,35)(H,32,34,37)/t22-/m0/s1. The first kappa shape index (κ1) is 28.4. The van der Waals surface area contributed by atoms with E-state index in [4.69, 9.17) is 14.2 Å². The lowest BCUT2D eigenvalue weighted by molar-refractivity contribution is -0.119. The zero-order valence-corrected chi connectivity index (χ0v) is 23.1. The van der Waals surface area contributed by atoms with Crippen molar-refractivity contribution in [1.29, 1.82) is 0 Å². The van der Waals surface area contributed by atoms with E-state index in [2.05, 4.69) is 20.9 Å². The molecule has 0 saturated heterocycles. The largest absolute Gasteiger partial charge is 0.493 e. The van der Waals surface area contributed by atoms with Gasteiger partial charge >= 0.3 is 0 Å². The number of carbonyl (C=O) groups excluding carboxylic acids is 2. The van der Waals surface area contributed by atoms with Crippen molar-refractivity contribution in [1.82, 2.24) is 10.3 Å². The van der Waals surface area contributed by atoms with Gasteiger partial charge in [0, 0.05) is 31.6 Å². The molecule has 0 aliphatic heterocycles. The van der Waals surface area contributed by atoms with Crippen LogP contribution in [0.2, 0.25) is 0 Å². The highest BCUT2D eigenvalue weighted by molar-refractivity contribution is 5.89. The number of aryl methyl sites for hydroxylation is 1. The average molecular weight is 547 g/mol. The molecular weight excluding hydrogens is 512 g/mol. The fraction of sp³-hybridized carbons (Fsp3) is 0.333. The summed E-state index contributed by atoms with van der Waals surface area (Å²) in [4.78, 5) is 41.8. The first-order valence-electron chi connectivity index (χ1n) is 13.1. The molecule has 10 nitrogen and oxygen atoms in total. The summed E-state index contributed by atoms with van der Waals surface area (Å²) in [5, 5.41) is 8.92. The fourth-order valence-corrected chi connectivity index (χ4v) is 4.97. The number of benzene rings is 1. The third-order valence-electron chi connectivity index (χ3n) is 6.74. The summed E-state index contributed by atoms with van der Waals surface area (Å²) in [5.74, 6) is 1.64. The minimum absolute atomic E-state index is 0.153. The molecule has 4 rings (SSSR count). The molecule has 3 N–H and O–H groups in total. The number of nitrogens with zero attached hydrogens (tertiary/aromatic N) is 1. The molecule has 1 aliphatic carbocycles. The minimum atomic E-state index is -0.384. The Morgan fingerprint density at radius 2 is 1.82 bits per heavy atom. The third kappa shape index (κ3) is 6.33. The van der Waals surface area contributed by atoms with Crippen molar-refractivity contribution in [2.24, 2.45) is 0 Å². The molecule has 0 radical (unpaired) electrons. The summed E-state index contributed by atoms with van der Waals surface area (Å²) < 4.78 is 17.0. The Morgan fingerprint density at radius 1 is 1.02 bits per heavy atom. The van der Waals surface area contributed by atoms with Gasteiger partial charge in [0.25, 0.3) is 0 Å². The van der Waals surface area contributed by atoms with Gasteiger partial charge < -0.3 is 30.2 Å². The van der Waals surface area contributed by atoms with Crippen molar-refractivity contribution in [2.75, 3.05) is 38.5 Å². The molecule has 1 atom stereocenters. The van der Waals surface area contributed by atoms with Crippen LogP contribution in [0.3, 0.4) is 0 Å². The topological polar surface area (TPSA) is 128 Å². The number of anilines is 2. The number of ether oxygens (including phenoxy) is 3. The first-order chi connectivity index (χ1) is 19.4. The number of fused-ring (bicyclic) bond motifs is 3. The van der Waals surface area contributed by atoms with Crippen molar-refractivity contribution in [2.45, 2.75) is 38.6 Å². The van der Waals surface area contributed by atoms with E-state index in [0.717, 1.165) is 16.7 Å². The molecule has 40 heavy (non-hydrogen) atoms. The summed E-state index contributed by atoms with van der Waals surface area (Å²) in [5.41, 5.74) is 3.35. The Kier molecular flexibility index (Phi) is 9.21. The van der Waals surface area contributed by atoms with Crippen molar-refractivity contribution in [3.63, 3.8) is 0 Å².